The molecule has 0 N–H and O–H groups in total. The number of fused-ring (bicyclic) bond motifs is 1. The first kappa shape index (κ1) is 23.1. The normalized spacial score (nSPS) is 20.4. The third-order valence-corrected chi connectivity index (χ3v) is 5.98. The first-order chi connectivity index (χ1) is 14.5. The van der Waals surface area contributed by atoms with Crippen molar-refractivity contribution in [3.05, 3.63) is 59.2 Å². The van der Waals surface area contributed by atoms with Gasteiger partial charge >= 0.3 is 6.18 Å². The summed E-state index contributed by atoms with van der Waals surface area (Å²) in [6.45, 7) is 4.23. The van der Waals surface area contributed by atoms with E-state index >= 15 is 0 Å². The number of rotatable bonds is 5. The molecular weight excluding hydrogens is 405 g/mol. The molecule has 168 valence electrons. The predicted molar refractivity (Wildman–Crippen MR) is 116 cm³/mol. The summed E-state index contributed by atoms with van der Waals surface area (Å²) in [5.74, 6) is -0.356. The highest BCUT2D eigenvalue weighted by molar-refractivity contribution is 5.98. The Morgan fingerprint density at radius 1 is 1.16 bits per heavy atom. The molecule has 4 nitrogen and oxygen atoms in total. The van der Waals surface area contributed by atoms with Gasteiger partial charge in [-0.05, 0) is 68.8 Å². The van der Waals surface area contributed by atoms with Crippen LogP contribution in [0.1, 0.15) is 36.5 Å². The minimum absolute atomic E-state index is 0.134. The van der Waals surface area contributed by atoms with E-state index in [0.29, 0.717) is 18.0 Å². The van der Waals surface area contributed by atoms with Crippen molar-refractivity contribution >= 4 is 11.6 Å². The maximum Gasteiger partial charge on any atom is 0.416 e. The van der Waals surface area contributed by atoms with Crippen molar-refractivity contribution in [2.75, 3.05) is 32.6 Å². The maximum atomic E-state index is 13.9. The number of amides is 1. The number of alkyl halides is 3. The quantitative estimate of drug-likeness (QED) is 0.666. The number of likely N-dealkylation sites (N-methyl/N-ethyl adjacent to an activating group) is 1. The largest absolute Gasteiger partial charge is 0.497 e. The predicted octanol–water partition coefficient (Wildman–Crippen LogP) is 4.97. The molecule has 1 heterocycles. The van der Waals surface area contributed by atoms with E-state index in [1.807, 2.05) is 45.0 Å². The Morgan fingerprint density at radius 3 is 2.35 bits per heavy atom. The molecular formula is C24H29F3N2O2. The lowest BCUT2D eigenvalue weighted by atomic mass is 9.82. The molecule has 0 aliphatic carbocycles. The zero-order valence-electron chi connectivity index (χ0n) is 18.5. The molecule has 7 heteroatoms. The van der Waals surface area contributed by atoms with Crippen LogP contribution in [-0.4, -0.2) is 44.6 Å². The van der Waals surface area contributed by atoms with E-state index in [9.17, 15) is 18.0 Å². The highest BCUT2D eigenvalue weighted by Crippen LogP contribution is 2.44. The summed E-state index contributed by atoms with van der Waals surface area (Å²) in [4.78, 5) is 17.1. The van der Waals surface area contributed by atoms with Crippen molar-refractivity contribution in [3.8, 4) is 5.75 Å². The van der Waals surface area contributed by atoms with Crippen molar-refractivity contribution in [3.63, 3.8) is 0 Å². The number of hydrogen-bond donors (Lipinski definition) is 0. The van der Waals surface area contributed by atoms with Gasteiger partial charge in [-0.1, -0.05) is 25.1 Å². The topological polar surface area (TPSA) is 32.8 Å². The van der Waals surface area contributed by atoms with Crippen LogP contribution in [0.25, 0.3) is 0 Å². The van der Waals surface area contributed by atoms with Crippen LogP contribution in [0.3, 0.4) is 0 Å². The lowest BCUT2D eigenvalue weighted by Gasteiger charge is -2.33. The fraction of sp³-hybridized carbons (Fsp3) is 0.458. The molecule has 0 fully saturated rings. The van der Waals surface area contributed by atoms with E-state index in [2.05, 4.69) is 0 Å². The van der Waals surface area contributed by atoms with Crippen LogP contribution in [0.2, 0.25) is 0 Å². The van der Waals surface area contributed by atoms with Gasteiger partial charge in [0.25, 0.3) is 0 Å². The van der Waals surface area contributed by atoms with Crippen LogP contribution in [0, 0.1) is 5.92 Å². The summed E-state index contributed by atoms with van der Waals surface area (Å²) >= 11 is 0. The fourth-order valence-electron chi connectivity index (χ4n) is 4.51. The van der Waals surface area contributed by atoms with Crippen LogP contribution < -0.4 is 9.64 Å². The molecule has 2 aromatic carbocycles. The number of carbonyl (C=O) groups excluding carboxylic acids is 1. The number of methoxy groups -OCH3 is 1. The van der Waals surface area contributed by atoms with E-state index in [4.69, 9.17) is 4.74 Å². The molecule has 3 atom stereocenters. The number of anilines is 1. The summed E-state index contributed by atoms with van der Waals surface area (Å²) in [5.41, 5.74) is 0.690. The van der Waals surface area contributed by atoms with Crippen molar-refractivity contribution in [2.45, 2.75) is 38.4 Å². The van der Waals surface area contributed by atoms with Crippen molar-refractivity contribution in [2.24, 2.45) is 5.92 Å². The first-order valence-electron chi connectivity index (χ1n) is 10.4. The average molecular weight is 435 g/mol. The van der Waals surface area contributed by atoms with Gasteiger partial charge in [0.15, 0.2) is 0 Å². The van der Waals surface area contributed by atoms with Crippen LogP contribution >= 0.6 is 0 Å². The van der Waals surface area contributed by atoms with Gasteiger partial charge < -0.3 is 14.5 Å². The molecule has 0 bridgehead atoms. The van der Waals surface area contributed by atoms with Crippen molar-refractivity contribution < 1.29 is 22.7 Å². The lowest BCUT2D eigenvalue weighted by Crippen LogP contribution is -2.46. The highest BCUT2D eigenvalue weighted by atomic mass is 19.4. The number of ether oxygens (including phenoxy) is 1. The van der Waals surface area contributed by atoms with E-state index in [1.54, 1.807) is 30.2 Å². The van der Waals surface area contributed by atoms with Gasteiger partial charge in [0, 0.05) is 24.2 Å². The average Bonchev–Trinajstić information content (AvgIpc) is 2.81. The summed E-state index contributed by atoms with van der Waals surface area (Å²) in [6.07, 6.45) is -4.36. The van der Waals surface area contributed by atoms with Crippen molar-refractivity contribution in [1.29, 1.82) is 0 Å². The Hall–Kier alpha value is -2.54. The second-order valence-electron chi connectivity index (χ2n) is 8.49. The van der Waals surface area contributed by atoms with Crippen LogP contribution in [0.5, 0.6) is 5.75 Å². The van der Waals surface area contributed by atoms with Gasteiger partial charge in [-0.25, -0.2) is 0 Å². The number of halogens is 3. The van der Waals surface area contributed by atoms with Gasteiger partial charge in [0.1, 0.15) is 5.75 Å². The van der Waals surface area contributed by atoms with E-state index < -0.39 is 17.7 Å². The lowest BCUT2D eigenvalue weighted by molar-refractivity contribution is -0.138. The number of carbonyl (C=O) groups is 1. The molecule has 0 spiro atoms. The number of benzene rings is 2. The molecule has 0 saturated heterocycles. The molecule has 1 aliphatic rings. The Balaban J connectivity index is 2.17. The Morgan fingerprint density at radius 2 is 1.81 bits per heavy atom. The van der Waals surface area contributed by atoms with E-state index in [0.717, 1.165) is 11.6 Å². The molecule has 31 heavy (non-hydrogen) atoms. The second-order valence-corrected chi connectivity index (χ2v) is 8.49. The minimum Gasteiger partial charge on any atom is -0.497 e. The Bertz CT molecular complexity index is 925. The summed E-state index contributed by atoms with van der Waals surface area (Å²) in [5, 5.41) is 0. The third-order valence-electron chi connectivity index (χ3n) is 5.98. The van der Waals surface area contributed by atoms with E-state index in [1.165, 1.54) is 6.07 Å². The molecule has 2 aromatic rings. The van der Waals surface area contributed by atoms with Gasteiger partial charge in [0.05, 0.1) is 12.7 Å². The molecule has 3 rings (SSSR count). The standard InChI is InChI=1S/C24H29F3N2O2/c1-15(14-28(3)4)29-22-8-6-7-21(24(25,26)27)20(22)13-19(16(2)23(29)30)17-9-11-18(31-5)12-10-17/h6-12,15-16,19H,13-14H2,1-5H3/t15?,16-,19-/m0/s1. The van der Waals surface area contributed by atoms with E-state index in [-0.39, 0.29) is 29.9 Å². The molecule has 1 aliphatic heterocycles. The summed E-state index contributed by atoms with van der Waals surface area (Å²) in [6, 6.07) is 11.1. The molecule has 0 aromatic heterocycles. The highest BCUT2D eigenvalue weighted by Gasteiger charge is 2.42. The van der Waals surface area contributed by atoms with Crippen LogP contribution in [0.4, 0.5) is 18.9 Å². The minimum atomic E-state index is -4.50. The molecule has 0 radical (unpaired) electrons. The van der Waals surface area contributed by atoms with Gasteiger partial charge in [-0.15, -0.1) is 0 Å². The molecule has 0 saturated carbocycles. The molecule has 1 unspecified atom stereocenters. The van der Waals surface area contributed by atoms with Crippen molar-refractivity contribution in [1.82, 2.24) is 4.90 Å². The van der Waals surface area contributed by atoms with Crippen LogP contribution in [-0.2, 0) is 17.4 Å². The Labute approximate surface area is 181 Å². The first-order valence-corrected chi connectivity index (χ1v) is 10.4. The zero-order chi connectivity index (χ0) is 22.9. The van der Waals surface area contributed by atoms with Gasteiger partial charge in [-0.2, -0.15) is 13.2 Å². The molecule has 1 amide bonds. The summed E-state index contributed by atoms with van der Waals surface area (Å²) < 4.78 is 47.0. The summed E-state index contributed by atoms with van der Waals surface area (Å²) in [7, 11) is 5.33. The monoisotopic (exact) mass is 434 g/mol. The van der Waals surface area contributed by atoms with Gasteiger partial charge in [-0.3, -0.25) is 4.79 Å². The SMILES string of the molecule is COc1ccc([C@H]2Cc3c(cccc3C(F)(F)F)N(C(C)CN(C)C)C(=O)[C@H]2C)cc1. The third kappa shape index (κ3) is 4.71. The fourth-order valence-corrected chi connectivity index (χ4v) is 4.51. The Kier molecular flexibility index (Phi) is 6.65. The number of nitrogens with zero attached hydrogens (tertiary/aromatic N) is 2. The zero-order valence-corrected chi connectivity index (χ0v) is 18.5. The van der Waals surface area contributed by atoms with Crippen LogP contribution in [0.15, 0.2) is 42.5 Å². The smallest absolute Gasteiger partial charge is 0.416 e. The van der Waals surface area contributed by atoms with Gasteiger partial charge in [0.2, 0.25) is 5.91 Å². The maximum absolute atomic E-state index is 13.9. The second kappa shape index (κ2) is 8.91. The number of hydrogen-bond acceptors (Lipinski definition) is 3.